The third-order valence-corrected chi connectivity index (χ3v) is 2.80. The quantitative estimate of drug-likeness (QED) is 0.576. The Morgan fingerprint density at radius 3 is 2.45 bits per heavy atom. The second-order valence-electron chi connectivity index (χ2n) is 4.11. The molecule has 0 bridgehead atoms. The van der Waals surface area contributed by atoms with Gasteiger partial charge in [0, 0.05) is 0 Å². The summed E-state index contributed by atoms with van der Waals surface area (Å²) in [6.45, 7) is 3.17. The molecule has 2 rings (SSSR count). The van der Waals surface area contributed by atoms with Gasteiger partial charge in [-0.1, -0.05) is 12.1 Å². The smallest absolute Gasteiger partial charge is 0.268 e. The molecule has 0 aliphatic carbocycles. The highest BCUT2D eigenvalue weighted by Crippen LogP contribution is 2.33. The van der Waals surface area contributed by atoms with Crippen molar-refractivity contribution < 1.29 is 24.2 Å². The molecule has 20 heavy (non-hydrogen) atoms. The summed E-state index contributed by atoms with van der Waals surface area (Å²) < 4.78 is 5.33. The standard InChI is InChI=1S/C14H13NO5/c1-3-20-10-7-5-4-6-9(10)15-13(18)11(8(2)16)12(17)14(15)19/h4-7,17H,3H2,1-2H3/p-1. The van der Waals surface area contributed by atoms with Gasteiger partial charge in [0.15, 0.2) is 5.78 Å². The minimum Gasteiger partial charge on any atom is -0.868 e. The van der Waals surface area contributed by atoms with Crippen LogP contribution < -0.4 is 14.7 Å². The zero-order chi connectivity index (χ0) is 14.9. The molecule has 1 aromatic carbocycles. The van der Waals surface area contributed by atoms with Gasteiger partial charge in [0.05, 0.1) is 17.9 Å². The molecule has 0 saturated heterocycles. The van der Waals surface area contributed by atoms with E-state index in [1.165, 1.54) is 6.07 Å². The highest BCUT2D eigenvalue weighted by Gasteiger charge is 2.37. The summed E-state index contributed by atoms with van der Waals surface area (Å²) >= 11 is 0. The Labute approximate surface area is 115 Å². The number of para-hydroxylation sites is 2. The molecule has 1 aliphatic rings. The van der Waals surface area contributed by atoms with E-state index in [4.69, 9.17) is 4.74 Å². The van der Waals surface area contributed by atoms with Crippen LogP contribution in [0.4, 0.5) is 5.69 Å². The van der Waals surface area contributed by atoms with Crippen LogP contribution in [0.2, 0.25) is 0 Å². The fourth-order valence-corrected chi connectivity index (χ4v) is 1.96. The van der Waals surface area contributed by atoms with E-state index < -0.39 is 28.9 Å². The third kappa shape index (κ3) is 2.05. The Bertz CT molecular complexity index is 632. The molecule has 0 atom stereocenters. The SMILES string of the molecule is CCOc1ccccc1N1C(=O)C([O-])=C(C(C)=O)C1=O. The summed E-state index contributed by atoms with van der Waals surface area (Å²) in [6.07, 6.45) is 0. The Kier molecular flexibility index (Phi) is 3.56. The minimum absolute atomic E-state index is 0.161. The monoisotopic (exact) mass is 274 g/mol. The van der Waals surface area contributed by atoms with Gasteiger partial charge in [-0.25, -0.2) is 4.90 Å². The number of carbonyl (C=O) groups excluding carboxylic acids is 3. The van der Waals surface area contributed by atoms with Crippen LogP contribution >= 0.6 is 0 Å². The number of amides is 2. The Morgan fingerprint density at radius 2 is 1.90 bits per heavy atom. The molecule has 0 spiro atoms. The number of anilines is 1. The number of imide groups is 1. The van der Waals surface area contributed by atoms with Crippen molar-refractivity contribution in [3.05, 3.63) is 35.6 Å². The van der Waals surface area contributed by atoms with E-state index in [0.29, 0.717) is 17.3 Å². The van der Waals surface area contributed by atoms with Crippen LogP contribution in [0.3, 0.4) is 0 Å². The normalized spacial score (nSPS) is 15.0. The summed E-state index contributed by atoms with van der Waals surface area (Å²) in [6, 6.07) is 6.35. The number of benzene rings is 1. The highest BCUT2D eigenvalue weighted by molar-refractivity contribution is 6.40. The van der Waals surface area contributed by atoms with E-state index in [9.17, 15) is 19.5 Å². The average molecular weight is 274 g/mol. The van der Waals surface area contributed by atoms with Crippen LogP contribution in [0, 0.1) is 0 Å². The number of ketones is 1. The van der Waals surface area contributed by atoms with Crippen molar-refractivity contribution in [2.24, 2.45) is 0 Å². The predicted molar refractivity (Wildman–Crippen MR) is 67.8 cm³/mol. The number of ether oxygens (including phenoxy) is 1. The molecule has 0 unspecified atom stereocenters. The van der Waals surface area contributed by atoms with Crippen LogP contribution in [-0.4, -0.2) is 24.2 Å². The maximum Gasteiger partial charge on any atom is 0.268 e. The number of nitrogens with zero attached hydrogens (tertiary/aromatic N) is 1. The zero-order valence-electron chi connectivity index (χ0n) is 11.0. The van der Waals surface area contributed by atoms with E-state index in [1.54, 1.807) is 25.1 Å². The molecule has 2 amide bonds. The Balaban J connectivity index is 2.49. The molecule has 1 heterocycles. The van der Waals surface area contributed by atoms with Gasteiger partial charge >= 0.3 is 0 Å². The van der Waals surface area contributed by atoms with Gasteiger partial charge < -0.3 is 9.84 Å². The predicted octanol–water partition coefficient (Wildman–Crippen LogP) is 0.162. The van der Waals surface area contributed by atoms with E-state index in [2.05, 4.69) is 0 Å². The van der Waals surface area contributed by atoms with Gasteiger partial charge in [-0.15, -0.1) is 0 Å². The topological polar surface area (TPSA) is 86.7 Å². The lowest BCUT2D eigenvalue weighted by atomic mass is 10.2. The Morgan fingerprint density at radius 1 is 1.25 bits per heavy atom. The van der Waals surface area contributed by atoms with E-state index in [1.807, 2.05) is 0 Å². The van der Waals surface area contributed by atoms with Gasteiger partial charge in [-0.3, -0.25) is 14.4 Å². The average Bonchev–Trinajstić information content (AvgIpc) is 2.62. The maximum atomic E-state index is 12.1. The largest absolute Gasteiger partial charge is 0.868 e. The van der Waals surface area contributed by atoms with Crippen LogP contribution in [0.5, 0.6) is 5.75 Å². The van der Waals surface area contributed by atoms with Crippen LogP contribution in [0.25, 0.3) is 0 Å². The molecule has 0 N–H and O–H groups in total. The first-order valence-electron chi connectivity index (χ1n) is 6.01. The zero-order valence-corrected chi connectivity index (χ0v) is 11.0. The lowest BCUT2D eigenvalue weighted by molar-refractivity contribution is -0.298. The fraction of sp³-hybridized carbons (Fsp3) is 0.214. The van der Waals surface area contributed by atoms with E-state index in [0.717, 1.165) is 6.92 Å². The van der Waals surface area contributed by atoms with Crippen molar-refractivity contribution >= 4 is 23.3 Å². The third-order valence-electron chi connectivity index (χ3n) is 2.80. The van der Waals surface area contributed by atoms with Crippen molar-refractivity contribution in [3.63, 3.8) is 0 Å². The van der Waals surface area contributed by atoms with Crippen molar-refractivity contribution in [1.29, 1.82) is 0 Å². The summed E-state index contributed by atoms with van der Waals surface area (Å²) in [5.74, 6) is -3.43. The lowest BCUT2D eigenvalue weighted by Gasteiger charge is -2.19. The van der Waals surface area contributed by atoms with Crippen molar-refractivity contribution in [1.82, 2.24) is 0 Å². The molecule has 6 nitrogen and oxygen atoms in total. The van der Waals surface area contributed by atoms with Crippen molar-refractivity contribution in [2.45, 2.75) is 13.8 Å². The summed E-state index contributed by atoms with van der Waals surface area (Å²) in [5, 5.41) is 11.7. The fourth-order valence-electron chi connectivity index (χ4n) is 1.96. The molecule has 0 fully saturated rings. The van der Waals surface area contributed by atoms with Crippen LogP contribution in [-0.2, 0) is 14.4 Å². The van der Waals surface area contributed by atoms with Crippen molar-refractivity contribution in [2.75, 3.05) is 11.5 Å². The van der Waals surface area contributed by atoms with Crippen LogP contribution in [0.15, 0.2) is 35.6 Å². The Hall–Kier alpha value is -2.63. The molecule has 104 valence electrons. The van der Waals surface area contributed by atoms with E-state index in [-0.39, 0.29) is 5.69 Å². The first-order chi connectivity index (χ1) is 9.49. The minimum atomic E-state index is -1.08. The van der Waals surface area contributed by atoms with Crippen molar-refractivity contribution in [3.8, 4) is 5.75 Å². The number of Topliss-reactive ketones (excluding diaryl/α,β-unsaturated/α-hetero) is 1. The molecular formula is C14H12NO5-. The summed E-state index contributed by atoms with van der Waals surface area (Å²) in [7, 11) is 0. The molecule has 0 aromatic heterocycles. The van der Waals surface area contributed by atoms with Gasteiger partial charge in [-0.2, -0.15) is 0 Å². The maximum absolute atomic E-state index is 12.1. The second kappa shape index (κ2) is 5.16. The number of rotatable bonds is 4. The number of carbonyl (C=O) groups is 3. The van der Waals surface area contributed by atoms with E-state index >= 15 is 0 Å². The number of hydrogen-bond donors (Lipinski definition) is 0. The van der Waals surface area contributed by atoms with Gasteiger partial charge in [0.1, 0.15) is 5.75 Å². The van der Waals surface area contributed by atoms with Gasteiger partial charge in [-0.05, 0) is 31.7 Å². The summed E-state index contributed by atoms with van der Waals surface area (Å²) in [5.41, 5.74) is -0.449. The lowest BCUT2D eigenvalue weighted by Crippen LogP contribution is -2.33. The highest BCUT2D eigenvalue weighted by atomic mass is 16.5. The molecule has 1 aliphatic heterocycles. The molecular weight excluding hydrogens is 262 g/mol. The molecule has 0 radical (unpaired) electrons. The first kappa shape index (κ1) is 13.8. The van der Waals surface area contributed by atoms with Gasteiger partial charge in [0.25, 0.3) is 11.8 Å². The summed E-state index contributed by atoms with van der Waals surface area (Å²) in [4.78, 5) is 36.0. The molecule has 0 saturated carbocycles. The van der Waals surface area contributed by atoms with Gasteiger partial charge in [0.2, 0.25) is 0 Å². The molecule has 6 heteroatoms. The second-order valence-corrected chi connectivity index (χ2v) is 4.11. The molecule has 1 aromatic rings. The van der Waals surface area contributed by atoms with Crippen LogP contribution in [0.1, 0.15) is 13.8 Å². The first-order valence-corrected chi connectivity index (χ1v) is 6.01. The number of hydrogen-bond acceptors (Lipinski definition) is 5.